The molecule has 1 aromatic heterocycles. The van der Waals surface area contributed by atoms with Crippen molar-refractivity contribution in [2.24, 2.45) is 0 Å². The van der Waals surface area contributed by atoms with Crippen molar-refractivity contribution < 1.29 is 9.53 Å². The highest BCUT2D eigenvalue weighted by Gasteiger charge is 2.16. The molecule has 0 unspecified atom stereocenters. The zero-order chi connectivity index (χ0) is 18.7. The number of amides is 1. The summed E-state index contributed by atoms with van der Waals surface area (Å²) >= 11 is 1.37. The molecule has 0 fully saturated rings. The van der Waals surface area contributed by atoms with Crippen LogP contribution in [0.2, 0.25) is 0 Å². The molecule has 26 heavy (non-hydrogen) atoms. The van der Waals surface area contributed by atoms with Crippen molar-refractivity contribution in [1.82, 2.24) is 4.98 Å². The number of nitrogens with zero attached hydrogens (tertiary/aromatic N) is 1. The van der Waals surface area contributed by atoms with Gasteiger partial charge in [0.05, 0.1) is 5.69 Å². The van der Waals surface area contributed by atoms with Crippen LogP contribution in [0.25, 0.3) is 0 Å². The lowest BCUT2D eigenvalue weighted by Gasteiger charge is -2.08. The molecular formula is C21H22N2O2S. The molecule has 1 heterocycles. The third-order valence-electron chi connectivity index (χ3n) is 4.04. The molecule has 5 heteroatoms. The van der Waals surface area contributed by atoms with Gasteiger partial charge in [-0.05, 0) is 62.6 Å². The first-order valence-corrected chi connectivity index (χ1v) is 9.28. The first-order valence-electron chi connectivity index (χ1n) is 8.47. The van der Waals surface area contributed by atoms with Crippen LogP contribution in [0.4, 0.5) is 5.69 Å². The molecule has 0 spiro atoms. The third-order valence-corrected chi connectivity index (χ3v) is 5.17. The third kappa shape index (κ3) is 4.29. The van der Waals surface area contributed by atoms with Crippen LogP contribution in [0, 0.1) is 27.7 Å². The lowest BCUT2D eigenvalue weighted by Crippen LogP contribution is -2.12. The molecule has 0 bridgehead atoms. The lowest BCUT2D eigenvalue weighted by molar-refractivity contribution is 0.102. The average molecular weight is 366 g/mol. The number of nitrogens with one attached hydrogen (secondary N) is 1. The SMILES string of the molecule is Cc1cccc(OCc2nc(C)c(C(=O)Nc3cc(C)ccc3C)s2)c1. The minimum absolute atomic E-state index is 0.129. The fourth-order valence-corrected chi connectivity index (χ4v) is 3.50. The Kier molecular flexibility index (Phi) is 5.38. The fourth-order valence-electron chi connectivity index (χ4n) is 2.62. The zero-order valence-corrected chi connectivity index (χ0v) is 16.2. The van der Waals surface area contributed by atoms with E-state index in [1.165, 1.54) is 11.3 Å². The van der Waals surface area contributed by atoms with Crippen LogP contribution in [0.1, 0.15) is 37.1 Å². The summed E-state index contributed by atoms with van der Waals surface area (Å²) in [6.07, 6.45) is 0. The Hall–Kier alpha value is -2.66. The second-order valence-electron chi connectivity index (χ2n) is 6.40. The van der Waals surface area contributed by atoms with Gasteiger partial charge in [0, 0.05) is 5.69 Å². The molecule has 0 atom stereocenters. The van der Waals surface area contributed by atoms with Crippen LogP contribution < -0.4 is 10.1 Å². The van der Waals surface area contributed by atoms with Crippen molar-refractivity contribution >= 4 is 22.9 Å². The smallest absolute Gasteiger partial charge is 0.267 e. The lowest BCUT2D eigenvalue weighted by atomic mass is 10.1. The molecule has 3 rings (SSSR count). The van der Waals surface area contributed by atoms with Crippen molar-refractivity contribution in [1.29, 1.82) is 0 Å². The van der Waals surface area contributed by atoms with Gasteiger partial charge in [0.1, 0.15) is 22.2 Å². The maximum Gasteiger partial charge on any atom is 0.267 e. The van der Waals surface area contributed by atoms with Crippen LogP contribution in [0.15, 0.2) is 42.5 Å². The average Bonchev–Trinajstić information content (AvgIpc) is 2.97. The van der Waals surface area contributed by atoms with E-state index < -0.39 is 0 Å². The largest absolute Gasteiger partial charge is 0.486 e. The number of benzene rings is 2. The number of aryl methyl sites for hydroxylation is 4. The molecule has 0 aliphatic rings. The van der Waals surface area contributed by atoms with E-state index in [4.69, 9.17) is 4.74 Å². The van der Waals surface area contributed by atoms with Crippen molar-refractivity contribution in [3.05, 3.63) is 74.7 Å². The second-order valence-corrected chi connectivity index (χ2v) is 7.48. The second kappa shape index (κ2) is 7.70. The van der Waals surface area contributed by atoms with Crippen molar-refractivity contribution in [3.63, 3.8) is 0 Å². The van der Waals surface area contributed by atoms with Crippen LogP contribution in [0.5, 0.6) is 5.75 Å². The molecule has 0 saturated carbocycles. The minimum Gasteiger partial charge on any atom is -0.486 e. The Morgan fingerprint density at radius 3 is 2.62 bits per heavy atom. The van der Waals surface area contributed by atoms with Crippen LogP contribution in [-0.2, 0) is 6.61 Å². The van der Waals surface area contributed by atoms with E-state index in [0.717, 1.165) is 38.8 Å². The number of ether oxygens (including phenoxy) is 1. The first kappa shape index (κ1) is 18.1. The van der Waals surface area contributed by atoms with Crippen LogP contribution in [-0.4, -0.2) is 10.9 Å². The number of thiazole rings is 1. The predicted octanol–water partition coefficient (Wildman–Crippen LogP) is 5.21. The Labute approximate surface area is 157 Å². The Bertz CT molecular complexity index is 947. The molecule has 4 nitrogen and oxygen atoms in total. The first-order chi connectivity index (χ1) is 12.4. The summed E-state index contributed by atoms with van der Waals surface area (Å²) in [4.78, 5) is 17.8. The number of hydrogen-bond donors (Lipinski definition) is 1. The van der Waals surface area contributed by atoms with Gasteiger partial charge in [-0.25, -0.2) is 4.98 Å². The quantitative estimate of drug-likeness (QED) is 0.674. The van der Waals surface area contributed by atoms with Gasteiger partial charge in [0.15, 0.2) is 0 Å². The van der Waals surface area contributed by atoms with E-state index in [2.05, 4.69) is 10.3 Å². The highest BCUT2D eigenvalue weighted by molar-refractivity contribution is 7.13. The van der Waals surface area contributed by atoms with E-state index in [1.807, 2.05) is 70.2 Å². The van der Waals surface area contributed by atoms with Gasteiger partial charge in [0.25, 0.3) is 5.91 Å². The van der Waals surface area contributed by atoms with E-state index >= 15 is 0 Å². The van der Waals surface area contributed by atoms with Gasteiger partial charge in [-0.2, -0.15) is 0 Å². The number of hydrogen-bond acceptors (Lipinski definition) is 4. The Morgan fingerprint density at radius 1 is 1.08 bits per heavy atom. The van der Waals surface area contributed by atoms with E-state index in [9.17, 15) is 4.79 Å². The normalized spacial score (nSPS) is 10.6. The molecule has 134 valence electrons. The highest BCUT2D eigenvalue weighted by atomic mass is 32.1. The fraction of sp³-hybridized carbons (Fsp3) is 0.238. The summed E-state index contributed by atoms with van der Waals surface area (Å²) in [6, 6.07) is 13.9. The van der Waals surface area contributed by atoms with Gasteiger partial charge in [0.2, 0.25) is 0 Å². The summed E-state index contributed by atoms with van der Waals surface area (Å²) < 4.78 is 5.79. The van der Waals surface area contributed by atoms with Gasteiger partial charge in [-0.1, -0.05) is 24.3 Å². The number of aromatic nitrogens is 1. The summed E-state index contributed by atoms with van der Waals surface area (Å²) in [5.74, 6) is 0.676. The number of carbonyl (C=O) groups is 1. The monoisotopic (exact) mass is 366 g/mol. The van der Waals surface area contributed by atoms with E-state index in [1.54, 1.807) is 0 Å². The van der Waals surface area contributed by atoms with E-state index in [-0.39, 0.29) is 5.91 Å². The minimum atomic E-state index is -0.129. The van der Waals surface area contributed by atoms with Crippen molar-refractivity contribution in [3.8, 4) is 5.75 Å². The maximum absolute atomic E-state index is 12.6. The molecule has 0 radical (unpaired) electrons. The molecule has 0 aliphatic carbocycles. The Balaban J connectivity index is 1.71. The van der Waals surface area contributed by atoms with Crippen LogP contribution in [0.3, 0.4) is 0 Å². The zero-order valence-electron chi connectivity index (χ0n) is 15.4. The van der Waals surface area contributed by atoms with Gasteiger partial charge < -0.3 is 10.1 Å². The summed E-state index contributed by atoms with van der Waals surface area (Å²) in [6.45, 7) is 8.22. The van der Waals surface area contributed by atoms with Gasteiger partial charge in [-0.15, -0.1) is 11.3 Å². The van der Waals surface area contributed by atoms with Crippen molar-refractivity contribution in [2.45, 2.75) is 34.3 Å². The molecule has 2 aromatic carbocycles. The molecule has 0 saturated heterocycles. The summed E-state index contributed by atoms with van der Waals surface area (Å²) in [5, 5.41) is 3.78. The summed E-state index contributed by atoms with van der Waals surface area (Å²) in [5.41, 5.74) is 4.85. The maximum atomic E-state index is 12.6. The number of anilines is 1. The van der Waals surface area contributed by atoms with E-state index in [0.29, 0.717) is 11.5 Å². The standard InChI is InChI=1S/C21H22N2O2S/c1-13-6-5-7-17(10-13)25-12-19-22-16(4)20(26-19)21(24)23-18-11-14(2)8-9-15(18)3/h5-11H,12H2,1-4H3,(H,23,24). The Morgan fingerprint density at radius 2 is 1.85 bits per heavy atom. The summed E-state index contributed by atoms with van der Waals surface area (Å²) in [7, 11) is 0. The van der Waals surface area contributed by atoms with Gasteiger partial charge in [-0.3, -0.25) is 4.79 Å². The van der Waals surface area contributed by atoms with Gasteiger partial charge >= 0.3 is 0 Å². The molecule has 1 N–H and O–H groups in total. The molecule has 0 aliphatic heterocycles. The van der Waals surface area contributed by atoms with Crippen LogP contribution >= 0.6 is 11.3 Å². The molecular weight excluding hydrogens is 344 g/mol. The highest BCUT2D eigenvalue weighted by Crippen LogP contribution is 2.23. The predicted molar refractivity (Wildman–Crippen MR) is 106 cm³/mol. The molecule has 3 aromatic rings. The molecule has 1 amide bonds. The number of carbonyl (C=O) groups excluding carboxylic acids is 1. The van der Waals surface area contributed by atoms with Crippen molar-refractivity contribution in [2.75, 3.05) is 5.32 Å². The topological polar surface area (TPSA) is 51.2 Å². The number of rotatable bonds is 5.